The lowest BCUT2D eigenvalue weighted by Crippen LogP contribution is -2.32. The second-order valence-electron chi connectivity index (χ2n) is 5.45. The summed E-state index contributed by atoms with van der Waals surface area (Å²) in [4.78, 5) is 13.5. The number of carbonyl (C=O) groups is 1. The topological polar surface area (TPSA) is 38.8 Å². The van der Waals surface area contributed by atoms with Gasteiger partial charge in [0, 0.05) is 20.2 Å². The molecule has 0 amide bonds. The third-order valence-electron chi connectivity index (χ3n) is 4.05. The largest absolute Gasteiger partial charge is 0.469 e. The summed E-state index contributed by atoms with van der Waals surface area (Å²) in [5.74, 6) is 0.761. The second-order valence-corrected chi connectivity index (χ2v) is 5.45. The van der Waals surface area contributed by atoms with Crippen LogP contribution in [0.5, 0.6) is 0 Å². The van der Waals surface area contributed by atoms with Crippen molar-refractivity contribution in [2.45, 2.75) is 44.9 Å². The van der Waals surface area contributed by atoms with E-state index in [9.17, 15) is 4.79 Å². The number of esters is 1. The fourth-order valence-corrected chi connectivity index (χ4v) is 2.75. The fourth-order valence-electron chi connectivity index (χ4n) is 2.75. The standard InChI is InChI=1S/C15H29NO3/c1-18-13-12-16(11-9-15(17)19-2)10-8-14-6-4-3-5-7-14/h14H,3-13H2,1-2H3. The molecule has 0 unspecified atom stereocenters. The Morgan fingerprint density at radius 2 is 1.84 bits per heavy atom. The smallest absolute Gasteiger partial charge is 0.306 e. The molecule has 0 aliphatic heterocycles. The highest BCUT2D eigenvalue weighted by Crippen LogP contribution is 2.26. The molecule has 1 aliphatic carbocycles. The van der Waals surface area contributed by atoms with E-state index < -0.39 is 0 Å². The van der Waals surface area contributed by atoms with E-state index in [0.717, 1.165) is 32.2 Å². The van der Waals surface area contributed by atoms with E-state index in [1.165, 1.54) is 45.6 Å². The molecule has 0 aromatic heterocycles. The Labute approximate surface area is 117 Å². The first-order valence-electron chi connectivity index (χ1n) is 7.54. The number of ether oxygens (including phenoxy) is 2. The Balaban J connectivity index is 2.24. The zero-order valence-corrected chi connectivity index (χ0v) is 12.5. The number of rotatable bonds is 9. The Morgan fingerprint density at radius 3 is 2.47 bits per heavy atom. The molecule has 1 aliphatic rings. The van der Waals surface area contributed by atoms with Crippen molar-refractivity contribution in [3.63, 3.8) is 0 Å². The monoisotopic (exact) mass is 271 g/mol. The van der Waals surface area contributed by atoms with Crippen LogP contribution in [0.4, 0.5) is 0 Å². The van der Waals surface area contributed by atoms with E-state index >= 15 is 0 Å². The first-order valence-corrected chi connectivity index (χ1v) is 7.54. The van der Waals surface area contributed by atoms with E-state index in [2.05, 4.69) is 4.90 Å². The Bertz CT molecular complexity index is 240. The van der Waals surface area contributed by atoms with Crippen LogP contribution >= 0.6 is 0 Å². The van der Waals surface area contributed by atoms with Crippen molar-refractivity contribution in [3.8, 4) is 0 Å². The van der Waals surface area contributed by atoms with Gasteiger partial charge in [0.1, 0.15) is 0 Å². The third-order valence-corrected chi connectivity index (χ3v) is 4.05. The minimum Gasteiger partial charge on any atom is -0.469 e. The summed E-state index contributed by atoms with van der Waals surface area (Å²) in [6, 6.07) is 0. The predicted octanol–water partition coefficient (Wildman–Crippen LogP) is 2.47. The van der Waals surface area contributed by atoms with E-state index in [-0.39, 0.29) is 5.97 Å². The van der Waals surface area contributed by atoms with Crippen LogP contribution in [0.15, 0.2) is 0 Å². The number of carbonyl (C=O) groups excluding carboxylic acids is 1. The van der Waals surface area contributed by atoms with E-state index in [1.807, 2.05) is 0 Å². The van der Waals surface area contributed by atoms with Gasteiger partial charge >= 0.3 is 5.97 Å². The molecule has 0 radical (unpaired) electrons. The van der Waals surface area contributed by atoms with Crippen LogP contribution in [-0.2, 0) is 14.3 Å². The summed E-state index contributed by atoms with van der Waals surface area (Å²) >= 11 is 0. The Morgan fingerprint density at radius 1 is 1.11 bits per heavy atom. The highest BCUT2D eigenvalue weighted by atomic mass is 16.5. The summed E-state index contributed by atoms with van der Waals surface area (Å²) in [5, 5.41) is 0. The molecule has 1 fully saturated rings. The zero-order valence-electron chi connectivity index (χ0n) is 12.5. The molecule has 1 rings (SSSR count). The van der Waals surface area contributed by atoms with Crippen molar-refractivity contribution in [2.24, 2.45) is 5.92 Å². The number of methoxy groups -OCH3 is 2. The second kappa shape index (κ2) is 10.2. The molecule has 4 heteroatoms. The van der Waals surface area contributed by atoms with Gasteiger partial charge < -0.3 is 14.4 Å². The van der Waals surface area contributed by atoms with Crippen LogP contribution in [0.1, 0.15) is 44.9 Å². The van der Waals surface area contributed by atoms with Crippen LogP contribution in [0, 0.1) is 5.92 Å². The van der Waals surface area contributed by atoms with Gasteiger partial charge in [0.2, 0.25) is 0 Å². The van der Waals surface area contributed by atoms with Gasteiger partial charge in [-0.05, 0) is 18.9 Å². The van der Waals surface area contributed by atoms with Gasteiger partial charge in [0.15, 0.2) is 0 Å². The maximum atomic E-state index is 11.2. The molecular weight excluding hydrogens is 242 g/mol. The SMILES string of the molecule is COCCN(CCC(=O)OC)CCC1CCCCC1. The van der Waals surface area contributed by atoms with Gasteiger partial charge in [0.05, 0.1) is 20.1 Å². The van der Waals surface area contributed by atoms with Crippen molar-refractivity contribution in [3.05, 3.63) is 0 Å². The van der Waals surface area contributed by atoms with Crippen LogP contribution in [0.3, 0.4) is 0 Å². The molecule has 4 nitrogen and oxygen atoms in total. The number of nitrogens with zero attached hydrogens (tertiary/aromatic N) is 1. The van der Waals surface area contributed by atoms with Crippen LogP contribution < -0.4 is 0 Å². The summed E-state index contributed by atoms with van der Waals surface area (Å²) in [5.41, 5.74) is 0. The summed E-state index contributed by atoms with van der Waals surface area (Å²) in [6.07, 6.45) is 8.70. The molecule has 0 spiro atoms. The predicted molar refractivity (Wildman–Crippen MR) is 76.1 cm³/mol. The molecule has 112 valence electrons. The van der Waals surface area contributed by atoms with Gasteiger partial charge in [-0.3, -0.25) is 4.79 Å². The third kappa shape index (κ3) is 7.53. The van der Waals surface area contributed by atoms with E-state index in [1.54, 1.807) is 7.11 Å². The quantitative estimate of drug-likeness (QED) is 0.604. The molecule has 0 aromatic carbocycles. The fraction of sp³-hybridized carbons (Fsp3) is 0.933. The molecule has 0 aromatic rings. The molecule has 0 N–H and O–H groups in total. The molecule has 0 bridgehead atoms. The first-order chi connectivity index (χ1) is 9.26. The molecule has 19 heavy (non-hydrogen) atoms. The number of hydrogen-bond acceptors (Lipinski definition) is 4. The summed E-state index contributed by atoms with van der Waals surface area (Å²) < 4.78 is 9.84. The van der Waals surface area contributed by atoms with E-state index in [0.29, 0.717) is 6.42 Å². The van der Waals surface area contributed by atoms with Crippen LogP contribution in [-0.4, -0.2) is 51.3 Å². The normalized spacial score (nSPS) is 16.8. The molecule has 0 atom stereocenters. The van der Waals surface area contributed by atoms with Gasteiger partial charge in [-0.1, -0.05) is 32.1 Å². The van der Waals surface area contributed by atoms with Gasteiger partial charge in [-0.2, -0.15) is 0 Å². The zero-order chi connectivity index (χ0) is 13.9. The minimum atomic E-state index is -0.125. The Kier molecular flexibility index (Phi) is 8.84. The number of hydrogen-bond donors (Lipinski definition) is 0. The average Bonchev–Trinajstić information content (AvgIpc) is 2.47. The van der Waals surface area contributed by atoms with Crippen molar-refractivity contribution in [1.29, 1.82) is 0 Å². The lowest BCUT2D eigenvalue weighted by atomic mass is 9.87. The molecule has 0 heterocycles. The first kappa shape index (κ1) is 16.4. The molecule has 1 saturated carbocycles. The van der Waals surface area contributed by atoms with Gasteiger partial charge in [0.25, 0.3) is 0 Å². The summed E-state index contributed by atoms with van der Waals surface area (Å²) in [7, 11) is 3.17. The lowest BCUT2D eigenvalue weighted by Gasteiger charge is -2.26. The van der Waals surface area contributed by atoms with E-state index in [4.69, 9.17) is 9.47 Å². The van der Waals surface area contributed by atoms with Crippen molar-refractivity contribution in [1.82, 2.24) is 4.90 Å². The maximum Gasteiger partial charge on any atom is 0.306 e. The highest BCUT2D eigenvalue weighted by molar-refractivity contribution is 5.69. The van der Waals surface area contributed by atoms with Gasteiger partial charge in [-0.15, -0.1) is 0 Å². The van der Waals surface area contributed by atoms with Crippen LogP contribution in [0.2, 0.25) is 0 Å². The van der Waals surface area contributed by atoms with Crippen LogP contribution in [0.25, 0.3) is 0 Å². The Hall–Kier alpha value is -0.610. The van der Waals surface area contributed by atoms with Crippen molar-refractivity contribution in [2.75, 3.05) is 40.5 Å². The van der Waals surface area contributed by atoms with Gasteiger partial charge in [-0.25, -0.2) is 0 Å². The summed E-state index contributed by atoms with van der Waals surface area (Å²) in [6.45, 7) is 3.49. The maximum absolute atomic E-state index is 11.2. The molecular formula is C15H29NO3. The molecule has 0 saturated heterocycles. The lowest BCUT2D eigenvalue weighted by molar-refractivity contribution is -0.141. The van der Waals surface area contributed by atoms with Crippen molar-refractivity contribution >= 4 is 5.97 Å². The highest BCUT2D eigenvalue weighted by Gasteiger charge is 2.15. The van der Waals surface area contributed by atoms with Crippen molar-refractivity contribution < 1.29 is 14.3 Å². The average molecular weight is 271 g/mol. The minimum absolute atomic E-state index is 0.125.